The van der Waals surface area contributed by atoms with Crippen LogP contribution in [0, 0.1) is 5.82 Å². The number of anilines is 1. The fourth-order valence-electron chi connectivity index (χ4n) is 3.51. The van der Waals surface area contributed by atoms with Crippen LogP contribution < -0.4 is 4.31 Å². The van der Waals surface area contributed by atoms with Crippen LogP contribution in [0.1, 0.15) is 33.0 Å². The molecule has 1 heterocycles. The number of carbonyl (C=O) groups is 1. The summed E-state index contributed by atoms with van der Waals surface area (Å²) in [6.45, 7) is 5.13. The number of para-hydroxylation sites is 1. The number of imidazole rings is 1. The molecule has 30 heavy (non-hydrogen) atoms. The lowest BCUT2D eigenvalue weighted by Gasteiger charge is -2.28. The number of aryl methyl sites for hydroxylation is 1. The number of hydrogen-bond donors (Lipinski definition) is 1. The van der Waals surface area contributed by atoms with E-state index in [9.17, 15) is 22.7 Å². The molecule has 3 rings (SSSR count). The van der Waals surface area contributed by atoms with Gasteiger partial charge in [-0.15, -0.1) is 0 Å². The number of carboxylic acids is 1. The van der Waals surface area contributed by atoms with Crippen LogP contribution in [0.3, 0.4) is 0 Å². The van der Waals surface area contributed by atoms with Crippen LogP contribution in [0.25, 0.3) is 11.0 Å². The zero-order chi connectivity index (χ0) is 22.1. The van der Waals surface area contributed by atoms with Gasteiger partial charge < -0.3 is 9.67 Å². The van der Waals surface area contributed by atoms with E-state index in [1.807, 2.05) is 6.92 Å². The van der Waals surface area contributed by atoms with Crippen LogP contribution in [0.4, 0.5) is 10.1 Å². The van der Waals surface area contributed by atoms with Crippen molar-refractivity contribution in [2.75, 3.05) is 4.31 Å². The van der Waals surface area contributed by atoms with Crippen molar-refractivity contribution < 1.29 is 22.7 Å². The molecule has 1 aromatic heterocycles. The van der Waals surface area contributed by atoms with Gasteiger partial charge in [-0.1, -0.05) is 19.1 Å². The first-order valence-corrected chi connectivity index (χ1v) is 11.1. The Hall–Kier alpha value is -2.94. The normalized spacial score (nSPS) is 11.9. The number of benzene rings is 2. The van der Waals surface area contributed by atoms with E-state index in [-0.39, 0.29) is 11.4 Å². The number of hydrogen-bond acceptors (Lipinski definition) is 4. The fourth-order valence-corrected chi connectivity index (χ4v) is 5.21. The van der Waals surface area contributed by atoms with Crippen LogP contribution in [0.2, 0.25) is 0 Å². The third-order valence-electron chi connectivity index (χ3n) is 4.66. The molecule has 0 fully saturated rings. The van der Waals surface area contributed by atoms with Crippen molar-refractivity contribution in [3.63, 3.8) is 0 Å². The van der Waals surface area contributed by atoms with Gasteiger partial charge in [-0.25, -0.2) is 17.8 Å². The van der Waals surface area contributed by atoms with E-state index in [1.165, 1.54) is 22.5 Å². The van der Waals surface area contributed by atoms with Gasteiger partial charge in [0, 0.05) is 12.5 Å². The Balaban J connectivity index is 2.25. The average molecular weight is 434 g/mol. The van der Waals surface area contributed by atoms with Crippen molar-refractivity contribution in [3.05, 3.63) is 54.1 Å². The summed E-state index contributed by atoms with van der Waals surface area (Å²) in [6, 6.07) is 9.41. The minimum atomic E-state index is -4.08. The summed E-state index contributed by atoms with van der Waals surface area (Å²) in [5, 5.41) is 9.32. The number of fused-ring (bicyclic) bond motifs is 1. The standard InChI is InChI=1S/C21H24FN3O4S/c1-4-7-19-23-21-17(24(19)13-20(26)27)10-6-11-18(21)25(14(2)3)30(28,29)16-9-5-8-15(22)12-16/h5-6,8-12,14H,4,7,13H2,1-3H3,(H,26,27). The molecule has 9 heteroatoms. The van der Waals surface area contributed by atoms with Gasteiger partial charge in [0.2, 0.25) is 0 Å². The maximum atomic E-state index is 13.7. The quantitative estimate of drug-likeness (QED) is 0.583. The highest BCUT2D eigenvalue weighted by Crippen LogP contribution is 2.33. The van der Waals surface area contributed by atoms with Crippen molar-refractivity contribution >= 4 is 32.7 Å². The summed E-state index contributed by atoms with van der Waals surface area (Å²) in [5.41, 5.74) is 1.27. The lowest BCUT2D eigenvalue weighted by atomic mass is 10.2. The van der Waals surface area contributed by atoms with E-state index in [2.05, 4.69) is 4.98 Å². The number of aromatic nitrogens is 2. The molecule has 0 saturated carbocycles. The molecule has 2 aromatic carbocycles. The molecule has 0 bridgehead atoms. The SMILES string of the molecule is CCCc1nc2c(N(C(C)C)S(=O)(=O)c3cccc(F)c3)cccc2n1CC(=O)O. The number of halogens is 1. The zero-order valence-electron chi connectivity index (χ0n) is 17.0. The summed E-state index contributed by atoms with van der Waals surface area (Å²) in [4.78, 5) is 15.8. The van der Waals surface area contributed by atoms with E-state index in [0.29, 0.717) is 29.0 Å². The minimum absolute atomic E-state index is 0.160. The molecule has 0 aliphatic rings. The highest BCUT2D eigenvalue weighted by molar-refractivity contribution is 7.92. The first-order valence-electron chi connectivity index (χ1n) is 9.66. The highest BCUT2D eigenvalue weighted by atomic mass is 32.2. The maximum Gasteiger partial charge on any atom is 0.323 e. The van der Waals surface area contributed by atoms with Gasteiger partial charge in [0.15, 0.2) is 0 Å². The van der Waals surface area contributed by atoms with Gasteiger partial charge in [-0.05, 0) is 50.6 Å². The highest BCUT2D eigenvalue weighted by Gasteiger charge is 2.30. The third kappa shape index (κ3) is 4.02. The molecule has 0 atom stereocenters. The molecule has 7 nitrogen and oxygen atoms in total. The minimum Gasteiger partial charge on any atom is -0.480 e. The zero-order valence-corrected chi connectivity index (χ0v) is 17.9. The van der Waals surface area contributed by atoms with Crippen molar-refractivity contribution in [1.82, 2.24) is 9.55 Å². The summed E-state index contributed by atoms with van der Waals surface area (Å²) in [6.07, 6.45) is 1.31. The van der Waals surface area contributed by atoms with E-state index >= 15 is 0 Å². The molecule has 0 aliphatic heterocycles. The Morgan fingerprint density at radius 2 is 1.93 bits per heavy atom. The lowest BCUT2D eigenvalue weighted by molar-refractivity contribution is -0.137. The van der Waals surface area contributed by atoms with Crippen LogP contribution >= 0.6 is 0 Å². The lowest BCUT2D eigenvalue weighted by Crippen LogP contribution is -2.37. The topological polar surface area (TPSA) is 92.5 Å². The molecular weight excluding hydrogens is 409 g/mol. The van der Waals surface area contributed by atoms with Crippen molar-refractivity contribution in [3.8, 4) is 0 Å². The molecule has 0 amide bonds. The van der Waals surface area contributed by atoms with Crippen molar-refractivity contribution in [2.24, 2.45) is 0 Å². The van der Waals surface area contributed by atoms with E-state index in [4.69, 9.17) is 0 Å². The van der Waals surface area contributed by atoms with Crippen molar-refractivity contribution in [2.45, 2.75) is 51.1 Å². The average Bonchev–Trinajstić information content (AvgIpc) is 2.99. The Morgan fingerprint density at radius 1 is 1.23 bits per heavy atom. The number of carboxylic acid groups (broad SMARTS) is 1. The fraction of sp³-hybridized carbons (Fsp3) is 0.333. The predicted octanol–water partition coefficient (Wildman–Crippen LogP) is 3.82. The van der Waals surface area contributed by atoms with Crippen LogP contribution in [-0.2, 0) is 27.8 Å². The van der Waals surface area contributed by atoms with Gasteiger partial charge >= 0.3 is 5.97 Å². The molecule has 3 aromatic rings. The van der Waals surface area contributed by atoms with Gasteiger partial charge in [-0.3, -0.25) is 9.10 Å². The Bertz CT molecular complexity index is 1190. The van der Waals surface area contributed by atoms with Crippen molar-refractivity contribution in [1.29, 1.82) is 0 Å². The first-order chi connectivity index (χ1) is 14.2. The monoisotopic (exact) mass is 433 g/mol. The first kappa shape index (κ1) is 21.8. The summed E-state index contributed by atoms with van der Waals surface area (Å²) in [7, 11) is -4.08. The molecule has 1 N–H and O–H groups in total. The Kier molecular flexibility index (Phi) is 6.12. The van der Waals surface area contributed by atoms with Crippen LogP contribution in [0.15, 0.2) is 47.4 Å². The Labute approximate surface area is 174 Å². The molecule has 0 radical (unpaired) electrons. The maximum absolute atomic E-state index is 13.7. The largest absolute Gasteiger partial charge is 0.480 e. The second-order valence-electron chi connectivity index (χ2n) is 7.25. The number of aliphatic carboxylic acids is 1. The third-order valence-corrected chi connectivity index (χ3v) is 6.65. The number of rotatable bonds is 8. The van der Waals surface area contributed by atoms with Gasteiger partial charge in [-0.2, -0.15) is 0 Å². The Morgan fingerprint density at radius 3 is 2.53 bits per heavy atom. The van der Waals surface area contributed by atoms with Gasteiger partial charge in [0.1, 0.15) is 23.7 Å². The molecule has 0 unspecified atom stereocenters. The molecule has 0 aliphatic carbocycles. The van der Waals surface area contributed by atoms with E-state index in [0.717, 1.165) is 12.5 Å². The predicted molar refractivity (Wildman–Crippen MR) is 113 cm³/mol. The molecule has 160 valence electrons. The summed E-state index contributed by atoms with van der Waals surface area (Å²) >= 11 is 0. The number of sulfonamides is 1. The summed E-state index contributed by atoms with van der Waals surface area (Å²) < 4.78 is 43.3. The van der Waals surface area contributed by atoms with E-state index < -0.39 is 27.9 Å². The van der Waals surface area contributed by atoms with Crippen LogP contribution in [-0.4, -0.2) is 35.1 Å². The molecule has 0 spiro atoms. The second kappa shape index (κ2) is 8.43. The summed E-state index contributed by atoms with van der Waals surface area (Å²) in [5.74, 6) is -1.08. The molecule has 0 saturated heterocycles. The van der Waals surface area contributed by atoms with Gasteiger partial charge in [0.05, 0.1) is 16.1 Å². The molecular formula is C21H24FN3O4S. The van der Waals surface area contributed by atoms with Crippen LogP contribution in [0.5, 0.6) is 0 Å². The number of nitrogens with zero attached hydrogens (tertiary/aromatic N) is 3. The van der Waals surface area contributed by atoms with E-state index in [1.54, 1.807) is 36.6 Å². The smallest absolute Gasteiger partial charge is 0.323 e. The van der Waals surface area contributed by atoms with Gasteiger partial charge in [0.25, 0.3) is 10.0 Å². The second-order valence-corrected chi connectivity index (χ2v) is 9.07.